The first-order valence-corrected chi connectivity index (χ1v) is 8.02. The van der Waals surface area contributed by atoms with E-state index in [4.69, 9.17) is 0 Å². The van der Waals surface area contributed by atoms with Crippen LogP contribution in [0.5, 0.6) is 0 Å². The molecule has 3 rings (SSSR count). The fourth-order valence-corrected chi connectivity index (χ4v) is 3.34. The number of nitrogens with zero attached hydrogens (tertiary/aromatic N) is 1. The lowest BCUT2D eigenvalue weighted by molar-refractivity contribution is -0.182. The van der Waals surface area contributed by atoms with Gasteiger partial charge in [-0.1, -0.05) is 0 Å². The highest BCUT2D eigenvalue weighted by Gasteiger charge is 2.41. The van der Waals surface area contributed by atoms with Crippen molar-refractivity contribution < 1.29 is 27.6 Å². The summed E-state index contributed by atoms with van der Waals surface area (Å²) in [5, 5.41) is 2.72. The van der Waals surface area contributed by atoms with Gasteiger partial charge in [-0.05, 0) is 43.9 Å². The molecule has 0 aromatic heterocycles. The molecule has 2 aliphatic rings. The van der Waals surface area contributed by atoms with E-state index in [9.17, 15) is 27.6 Å². The van der Waals surface area contributed by atoms with Gasteiger partial charge in [-0.3, -0.25) is 19.3 Å². The number of hydrogen-bond acceptors (Lipinski definition) is 3. The topological polar surface area (TPSA) is 66.5 Å². The lowest BCUT2D eigenvalue weighted by Crippen LogP contribution is -2.40. The van der Waals surface area contributed by atoms with E-state index in [2.05, 4.69) is 5.32 Å². The van der Waals surface area contributed by atoms with E-state index in [1.165, 1.54) is 25.2 Å². The third-order valence-electron chi connectivity index (χ3n) is 4.88. The summed E-state index contributed by atoms with van der Waals surface area (Å²) in [6, 6.07) is 3.91. The number of carbonyl (C=O) groups is 3. The SMILES string of the molecule is CN1C(=O)c2ccc(C(=O)NC3CCC(C(F)(F)F)CC3)cc2C1=O. The molecule has 1 heterocycles. The average Bonchev–Trinajstić information content (AvgIpc) is 2.79. The van der Waals surface area contributed by atoms with Crippen LogP contribution in [0.15, 0.2) is 18.2 Å². The highest BCUT2D eigenvalue weighted by atomic mass is 19.4. The lowest BCUT2D eigenvalue weighted by Gasteiger charge is -2.30. The van der Waals surface area contributed by atoms with E-state index in [0.717, 1.165) is 4.90 Å². The van der Waals surface area contributed by atoms with Crippen molar-refractivity contribution in [3.05, 3.63) is 34.9 Å². The maximum absolute atomic E-state index is 12.7. The highest BCUT2D eigenvalue weighted by Crippen LogP contribution is 2.37. The Labute approximate surface area is 142 Å². The molecule has 5 nitrogen and oxygen atoms in total. The van der Waals surface area contributed by atoms with Crippen LogP contribution in [0.25, 0.3) is 0 Å². The molecule has 0 unspecified atom stereocenters. The Morgan fingerprint density at radius 1 is 1.08 bits per heavy atom. The molecule has 0 spiro atoms. The van der Waals surface area contributed by atoms with Gasteiger partial charge >= 0.3 is 6.18 Å². The zero-order valence-corrected chi connectivity index (χ0v) is 13.5. The van der Waals surface area contributed by atoms with E-state index in [1.54, 1.807) is 0 Å². The Balaban J connectivity index is 1.66. The van der Waals surface area contributed by atoms with Crippen molar-refractivity contribution in [1.82, 2.24) is 10.2 Å². The van der Waals surface area contributed by atoms with Crippen LogP contribution in [0.1, 0.15) is 56.8 Å². The van der Waals surface area contributed by atoms with Crippen molar-refractivity contribution in [2.75, 3.05) is 7.05 Å². The first-order chi connectivity index (χ1) is 11.7. The molecule has 1 aliphatic carbocycles. The standard InChI is InChI=1S/C17H17F3N2O3/c1-22-15(24)12-7-2-9(8-13(12)16(22)25)14(23)21-11-5-3-10(4-6-11)17(18,19)20/h2,7-8,10-11H,3-6H2,1H3,(H,21,23). The Morgan fingerprint density at radius 2 is 1.68 bits per heavy atom. The highest BCUT2D eigenvalue weighted by molar-refractivity contribution is 6.21. The number of halogens is 3. The summed E-state index contributed by atoms with van der Waals surface area (Å²) in [6.45, 7) is 0. The lowest BCUT2D eigenvalue weighted by atomic mass is 9.85. The third-order valence-corrected chi connectivity index (χ3v) is 4.88. The van der Waals surface area contributed by atoms with Gasteiger partial charge in [0.15, 0.2) is 0 Å². The Morgan fingerprint density at radius 3 is 2.28 bits per heavy atom. The molecule has 1 N–H and O–H groups in total. The minimum atomic E-state index is -4.19. The molecular weight excluding hydrogens is 337 g/mol. The summed E-state index contributed by atoms with van der Waals surface area (Å²) in [4.78, 5) is 37.1. The van der Waals surface area contributed by atoms with Crippen molar-refractivity contribution in [2.45, 2.75) is 37.9 Å². The van der Waals surface area contributed by atoms with Crippen LogP contribution in [0.4, 0.5) is 13.2 Å². The number of rotatable bonds is 2. The number of fused-ring (bicyclic) bond motifs is 1. The predicted octanol–water partition coefficient (Wildman–Crippen LogP) is 2.76. The van der Waals surface area contributed by atoms with Gasteiger partial charge in [0.1, 0.15) is 0 Å². The maximum Gasteiger partial charge on any atom is 0.391 e. The van der Waals surface area contributed by atoms with Crippen LogP contribution in [0.3, 0.4) is 0 Å². The summed E-state index contributed by atoms with van der Waals surface area (Å²) in [5.41, 5.74) is 0.629. The summed E-state index contributed by atoms with van der Waals surface area (Å²) in [7, 11) is 1.36. The van der Waals surface area contributed by atoms with Crippen molar-refractivity contribution in [2.24, 2.45) is 5.92 Å². The zero-order valence-electron chi connectivity index (χ0n) is 13.5. The molecule has 1 aromatic rings. The number of hydrogen-bond donors (Lipinski definition) is 1. The molecule has 1 fully saturated rings. The van der Waals surface area contributed by atoms with Crippen molar-refractivity contribution in [3.63, 3.8) is 0 Å². The summed E-state index contributed by atoms with van der Waals surface area (Å²) in [6.07, 6.45) is -3.66. The monoisotopic (exact) mass is 354 g/mol. The van der Waals surface area contributed by atoms with E-state index in [-0.39, 0.29) is 48.4 Å². The Bertz CT molecular complexity index is 737. The predicted molar refractivity (Wildman–Crippen MR) is 82.1 cm³/mol. The largest absolute Gasteiger partial charge is 0.391 e. The van der Waals surface area contributed by atoms with Crippen molar-refractivity contribution >= 4 is 17.7 Å². The second-order valence-corrected chi connectivity index (χ2v) is 6.49. The van der Waals surface area contributed by atoms with Crippen LogP contribution < -0.4 is 5.32 Å². The maximum atomic E-state index is 12.7. The molecule has 1 aliphatic heterocycles. The number of nitrogens with one attached hydrogen (secondary N) is 1. The summed E-state index contributed by atoms with van der Waals surface area (Å²) < 4.78 is 38.0. The quantitative estimate of drug-likeness (QED) is 0.831. The first kappa shape index (κ1) is 17.4. The molecule has 0 radical (unpaired) electrons. The van der Waals surface area contributed by atoms with E-state index >= 15 is 0 Å². The third kappa shape index (κ3) is 3.25. The molecule has 3 amide bonds. The number of benzene rings is 1. The second-order valence-electron chi connectivity index (χ2n) is 6.49. The summed E-state index contributed by atoms with van der Waals surface area (Å²) in [5.74, 6) is -2.65. The fraction of sp³-hybridized carbons (Fsp3) is 0.471. The van der Waals surface area contributed by atoms with Gasteiger partial charge in [0.2, 0.25) is 0 Å². The van der Waals surface area contributed by atoms with E-state index in [1.807, 2.05) is 0 Å². The van der Waals surface area contributed by atoms with Gasteiger partial charge in [0, 0.05) is 18.7 Å². The number of amides is 3. The van der Waals surface area contributed by atoms with Crippen LogP contribution in [-0.4, -0.2) is 41.9 Å². The summed E-state index contributed by atoms with van der Waals surface area (Å²) >= 11 is 0. The molecule has 0 atom stereocenters. The normalized spacial score (nSPS) is 23.6. The van der Waals surface area contributed by atoms with Gasteiger partial charge in [0.05, 0.1) is 17.0 Å². The average molecular weight is 354 g/mol. The van der Waals surface area contributed by atoms with Crippen molar-refractivity contribution in [3.8, 4) is 0 Å². The molecule has 1 saturated carbocycles. The second kappa shape index (κ2) is 6.16. The number of imide groups is 1. The molecule has 0 saturated heterocycles. The number of carbonyl (C=O) groups excluding carboxylic acids is 3. The van der Waals surface area contributed by atoms with Gasteiger partial charge in [-0.25, -0.2) is 0 Å². The van der Waals surface area contributed by atoms with Crippen LogP contribution in [0, 0.1) is 5.92 Å². The molecule has 1 aromatic carbocycles. The van der Waals surface area contributed by atoms with Crippen LogP contribution >= 0.6 is 0 Å². The molecule has 8 heteroatoms. The molecule has 134 valence electrons. The van der Waals surface area contributed by atoms with Gasteiger partial charge in [-0.15, -0.1) is 0 Å². The Kier molecular flexibility index (Phi) is 4.30. The van der Waals surface area contributed by atoms with Crippen molar-refractivity contribution in [1.29, 1.82) is 0 Å². The molecule has 0 bridgehead atoms. The fourth-order valence-electron chi connectivity index (χ4n) is 3.34. The molecular formula is C17H17F3N2O3. The van der Waals surface area contributed by atoms with Gasteiger partial charge < -0.3 is 5.32 Å². The van der Waals surface area contributed by atoms with E-state index in [0.29, 0.717) is 0 Å². The minimum Gasteiger partial charge on any atom is -0.349 e. The van der Waals surface area contributed by atoms with Gasteiger partial charge in [-0.2, -0.15) is 13.2 Å². The first-order valence-electron chi connectivity index (χ1n) is 8.02. The Hall–Kier alpha value is -2.38. The number of alkyl halides is 3. The molecule has 25 heavy (non-hydrogen) atoms. The van der Waals surface area contributed by atoms with Crippen LogP contribution in [0.2, 0.25) is 0 Å². The van der Waals surface area contributed by atoms with E-state index < -0.39 is 29.8 Å². The minimum absolute atomic E-state index is 0.00355. The van der Waals surface area contributed by atoms with Crippen LogP contribution in [-0.2, 0) is 0 Å². The zero-order chi connectivity index (χ0) is 18.4. The van der Waals surface area contributed by atoms with Gasteiger partial charge in [0.25, 0.3) is 17.7 Å². The smallest absolute Gasteiger partial charge is 0.349 e.